The van der Waals surface area contributed by atoms with Crippen molar-refractivity contribution in [1.82, 2.24) is 14.5 Å². The summed E-state index contributed by atoms with van der Waals surface area (Å²) in [6, 6.07) is 14.4. The summed E-state index contributed by atoms with van der Waals surface area (Å²) in [4.78, 5) is 44.4. The number of rotatable bonds is 10. The second-order valence-corrected chi connectivity index (χ2v) is 8.74. The summed E-state index contributed by atoms with van der Waals surface area (Å²) in [5, 5.41) is 0.820. The minimum atomic E-state index is -0.506. The van der Waals surface area contributed by atoms with Crippen molar-refractivity contribution in [1.29, 1.82) is 0 Å². The van der Waals surface area contributed by atoms with Crippen LogP contribution in [0, 0.1) is 0 Å². The van der Waals surface area contributed by atoms with E-state index in [1.54, 1.807) is 35.8 Å². The van der Waals surface area contributed by atoms with Crippen molar-refractivity contribution in [2.75, 3.05) is 33.6 Å². The maximum absolute atomic E-state index is 13.2. The number of hydrogen-bond acceptors (Lipinski definition) is 7. The highest BCUT2D eigenvalue weighted by atomic mass is 32.2. The second kappa shape index (κ2) is 11.8. The lowest BCUT2D eigenvalue weighted by atomic mass is 10.1. The van der Waals surface area contributed by atoms with Crippen molar-refractivity contribution in [2.45, 2.75) is 31.1 Å². The maximum Gasteiger partial charge on any atom is 0.337 e. The molecule has 0 fully saturated rings. The molecule has 1 heterocycles. The fourth-order valence-electron chi connectivity index (χ4n) is 3.52. The number of carbonyl (C=O) groups is 2. The molecule has 0 N–H and O–H groups in total. The molecule has 8 nitrogen and oxygen atoms in total. The van der Waals surface area contributed by atoms with E-state index in [2.05, 4.69) is 4.98 Å². The predicted molar refractivity (Wildman–Crippen MR) is 132 cm³/mol. The molecule has 0 aliphatic carbocycles. The zero-order valence-electron chi connectivity index (χ0n) is 19.8. The van der Waals surface area contributed by atoms with E-state index in [1.807, 2.05) is 37.3 Å². The van der Waals surface area contributed by atoms with Gasteiger partial charge in [0.05, 0.1) is 35.4 Å². The number of methoxy groups -OCH3 is 2. The number of carbonyl (C=O) groups excluding carboxylic acids is 2. The molecule has 0 radical (unpaired) electrons. The number of nitrogens with zero attached hydrogens (tertiary/aromatic N) is 3. The summed E-state index contributed by atoms with van der Waals surface area (Å²) in [5.41, 5.74) is 1.51. The highest BCUT2D eigenvalue weighted by Gasteiger charge is 2.20. The van der Waals surface area contributed by atoms with Gasteiger partial charge in [-0.25, -0.2) is 9.78 Å². The SMILES string of the molecule is COCCCn1c(SCC(=O)N(C)C(C)c2ccccc2)nc2cc(C(=O)OC)ccc2c1=O. The Hall–Kier alpha value is -3.17. The van der Waals surface area contributed by atoms with E-state index in [-0.39, 0.29) is 23.3 Å². The Bertz CT molecular complexity index is 1210. The van der Waals surface area contributed by atoms with Crippen LogP contribution in [0.4, 0.5) is 0 Å². The first kappa shape index (κ1) is 25.5. The monoisotopic (exact) mass is 483 g/mol. The smallest absolute Gasteiger partial charge is 0.337 e. The minimum Gasteiger partial charge on any atom is -0.465 e. The quantitative estimate of drug-likeness (QED) is 0.189. The average Bonchev–Trinajstić information content (AvgIpc) is 2.87. The first-order chi connectivity index (χ1) is 16.4. The molecule has 1 atom stereocenters. The van der Waals surface area contributed by atoms with Crippen LogP contribution in [0.2, 0.25) is 0 Å². The third kappa shape index (κ3) is 5.84. The average molecular weight is 484 g/mol. The van der Waals surface area contributed by atoms with Crippen LogP contribution in [-0.4, -0.2) is 60.0 Å². The number of ether oxygens (including phenoxy) is 2. The second-order valence-electron chi connectivity index (χ2n) is 7.80. The largest absolute Gasteiger partial charge is 0.465 e. The Morgan fingerprint density at radius 2 is 1.88 bits per heavy atom. The number of thioether (sulfide) groups is 1. The summed E-state index contributed by atoms with van der Waals surface area (Å²) in [6.45, 7) is 2.87. The first-order valence-corrected chi connectivity index (χ1v) is 11.9. The molecule has 1 aromatic heterocycles. The van der Waals surface area contributed by atoms with Crippen molar-refractivity contribution < 1.29 is 19.1 Å². The molecule has 3 rings (SSSR count). The van der Waals surface area contributed by atoms with E-state index in [1.165, 1.54) is 24.9 Å². The molecule has 0 spiro atoms. The lowest BCUT2D eigenvalue weighted by Gasteiger charge is -2.25. The molecule has 0 aliphatic heterocycles. The molecule has 1 unspecified atom stereocenters. The zero-order valence-corrected chi connectivity index (χ0v) is 20.6. The fraction of sp³-hybridized carbons (Fsp3) is 0.360. The van der Waals surface area contributed by atoms with Gasteiger partial charge in [-0.2, -0.15) is 0 Å². The number of aromatic nitrogens is 2. The summed E-state index contributed by atoms with van der Waals surface area (Å²) < 4.78 is 11.5. The van der Waals surface area contributed by atoms with Crippen LogP contribution >= 0.6 is 11.8 Å². The van der Waals surface area contributed by atoms with Gasteiger partial charge in [-0.05, 0) is 37.1 Å². The molecule has 1 amide bonds. The van der Waals surface area contributed by atoms with Crippen LogP contribution in [0.1, 0.15) is 35.3 Å². The molecule has 9 heteroatoms. The predicted octanol–water partition coefficient (Wildman–Crippen LogP) is 3.53. The van der Waals surface area contributed by atoms with Crippen molar-refractivity contribution in [3.05, 3.63) is 70.0 Å². The van der Waals surface area contributed by atoms with Crippen LogP contribution in [0.15, 0.2) is 58.5 Å². The number of fused-ring (bicyclic) bond motifs is 1. The van der Waals surface area contributed by atoms with Crippen LogP contribution < -0.4 is 5.56 Å². The third-order valence-electron chi connectivity index (χ3n) is 5.65. The number of hydrogen-bond donors (Lipinski definition) is 0. The molecule has 0 aliphatic rings. The number of amides is 1. The minimum absolute atomic E-state index is 0.0811. The van der Waals surface area contributed by atoms with Crippen LogP contribution in [0.3, 0.4) is 0 Å². The number of benzene rings is 2. The van der Waals surface area contributed by atoms with Gasteiger partial charge in [-0.15, -0.1) is 0 Å². The maximum atomic E-state index is 13.2. The van der Waals surface area contributed by atoms with Crippen LogP contribution in [0.25, 0.3) is 10.9 Å². The Balaban J connectivity index is 1.88. The highest BCUT2D eigenvalue weighted by molar-refractivity contribution is 7.99. The molecule has 180 valence electrons. The fourth-order valence-corrected chi connectivity index (χ4v) is 4.47. The molecule has 3 aromatic rings. The lowest BCUT2D eigenvalue weighted by Crippen LogP contribution is -2.31. The van der Waals surface area contributed by atoms with Gasteiger partial charge in [0.2, 0.25) is 5.91 Å². The Labute approximate surface area is 202 Å². The standard InChI is InChI=1S/C25H29N3O5S/c1-17(18-9-6-5-7-10-18)27(2)22(29)16-34-25-26-21-15-19(24(31)33-4)11-12-20(21)23(30)28(25)13-8-14-32-3/h5-7,9-12,15,17H,8,13-14,16H2,1-4H3. The van der Waals surface area contributed by atoms with Gasteiger partial charge in [0, 0.05) is 27.3 Å². The zero-order chi connectivity index (χ0) is 24.7. The van der Waals surface area contributed by atoms with Crippen molar-refractivity contribution in [3.8, 4) is 0 Å². The van der Waals surface area contributed by atoms with Gasteiger partial charge >= 0.3 is 5.97 Å². The Kier molecular flexibility index (Phi) is 8.84. The summed E-state index contributed by atoms with van der Waals surface area (Å²) >= 11 is 1.21. The Morgan fingerprint density at radius 1 is 1.15 bits per heavy atom. The van der Waals surface area contributed by atoms with Gasteiger partial charge in [0.1, 0.15) is 0 Å². The van der Waals surface area contributed by atoms with Gasteiger partial charge in [0.25, 0.3) is 5.56 Å². The van der Waals surface area contributed by atoms with Crippen molar-refractivity contribution >= 4 is 34.5 Å². The van der Waals surface area contributed by atoms with Crippen molar-refractivity contribution in [3.63, 3.8) is 0 Å². The molecule has 34 heavy (non-hydrogen) atoms. The van der Waals surface area contributed by atoms with Crippen molar-refractivity contribution in [2.24, 2.45) is 0 Å². The molecular formula is C25H29N3O5S. The molecule has 0 saturated heterocycles. The van der Waals surface area contributed by atoms with E-state index < -0.39 is 5.97 Å². The summed E-state index contributed by atoms with van der Waals surface area (Å²) in [5.74, 6) is -0.469. The third-order valence-corrected chi connectivity index (χ3v) is 6.61. The Morgan fingerprint density at radius 3 is 2.56 bits per heavy atom. The van der Waals surface area contributed by atoms with E-state index in [9.17, 15) is 14.4 Å². The van der Waals surface area contributed by atoms with Gasteiger partial charge in [0.15, 0.2) is 5.16 Å². The van der Waals surface area contributed by atoms with E-state index in [0.717, 1.165) is 5.56 Å². The highest BCUT2D eigenvalue weighted by Crippen LogP contribution is 2.23. The topological polar surface area (TPSA) is 90.7 Å². The van der Waals surface area contributed by atoms with Crippen LogP contribution in [0.5, 0.6) is 0 Å². The van der Waals surface area contributed by atoms with E-state index >= 15 is 0 Å². The van der Waals surface area contributed by atoms with E-state index in [0.29, 0.717) is 41.2 Å². The van der Waals surface area contributed by atoms with Gasteiger partial charge in [-0.1, -0.05) is 42.1 Å². The van der Waals surface area contributed by atoms with Gasteiger partial charge < -0.3 is 14.4 Å². The normalized spacial score (nSPS) is 11.9. The van der Waals surface area contributed by atoms with Crippen LogP contribution in [-0.2, 0) is 20.8 Å². The first-order valence-electron chi connectivity index (χ1n) is 10.9. The van der Waals surface area contributed by atoms with Gasteiger partial charge in [-0.3, -0.25) is 14.2 Å². The van der Waals surface area contributed by atoms with E-state index in [4.69, 9.17) is 9.47 Å². The molecule has 2 aromatic carbocycles. The lowest BCUT2D eigenvalue weighted by molar-refractivity contribution is -0.128. The molecular weight excluding hydrogens is 454 g/mol. The number of esters is 1. The summed E-state index contributed by atoms with van der Waals surface area (Å²) in [7, 11) is 4.67. The summed E-state index contributed by atoms with van der Waals surface area (Å²) in [6.07, 6.45) is 0.621. The molecule has 0 saturated carbocycles. The molecule has 0 bridgehead atoms.